The van der Waals surface area contributed by atoms with Crippen LogP contribution in [0.5, 0.6) is 0 Å². The van der Waals surface area contributed by atoms with E-state index in [1.54, 1.807) is 0 Å². The molecule has 2 saturated carbocycles. The van der Waals surface area contributed by atoms with Gasteiger partial charge in [-0.3, -0.25) is 0 Å². The van der Waals surface area contributed by atoms with Gasteiger partial charge in [0.15, 0.2) is 0 Å². The van der Waals surface area contributed by atoms with Crippen molar-refractivity contribution in [3.63, 3.8) is 0 Å². The molecule has 58 valence electrons. The molecule has 0 aromatic rings. The van der Waals surface area contributed by atoms with Gasteiger partial charge in [0.1, 0.15) is 0 Å². The van der Waals surface area contributed by atoms with E-state index in [4.69, 9.17) is 10.7 Å². The molecule has 2 N–H and O–H groups in total. The Balaban J connectivity index is 2.01. The lowest BCUT2D eigenvalue weighted by Gasteiger charge is -2.20. The van der Waals surface area contributed by atoms with Gasteiger partial charge in [-0.15, -0.1) is 0 Å². The van der Waals surface area contributed by atoms with Crippen LogP contribution in [0.25, 0.3) is 0 Å². The van der Waals surface area contributed by atoms with Crippen LogP contribution in [0.2, 0.25) is 0 Å². The molecule has 2 fully saturated rings. The number of hydrogen-bond acceptors (Lipinski definition) is 2. The second-order valence-corrected chi connectivity index (χ2v) is 4.15. The first-order valence-corrected chi connectivity index (χ1v) is 4.04. The molecule has 2 nitrogen and oxygen atoms in total. The maximum Gasteiger partial charge on any atom is 0.0740 e. The van der Waals surface area contributed by atoms with E-state index >= 15 is 0 Å². The van der Waals surface area contributed by atoms with Crippen molar-refractivity contribution in [2.45, 2.75) is 32.6 Å². The molecule has 0 aliphatic heterocycles. The van der Waals surface area contributed by atoms with E-state index in [0.717, 1.165) is 6.61 Å². The molecular weight excluding hydrogens is 126 g/mol. The van der Waals surface area contributed by atoms with E-state index in [2.05, 4.69) is 6.92 Å². The van der Waals surface area contributed by atoms with Gasteiger partial charge in [-0.1, -0.05) is 6.92 Å². The average Bonchev–Trinajstić information content (AvgIpc) is 2.69. The molecule has 0 aromatic heterocycles. The minimum Gasteiger partial charge on any atom is -0.304 e. The highest BCUT2D eigenvalue weighted by molar-refractivity contribution is 5.11. The Bertz CT molecular complexity index is 147. The quantitative estimate of drug-likeness (QED) is 0.604. The second kappa shape index (κ2) is 1.74. The van der Waals surface area contributed by atoms with Crippen molar-refractivity contribution in [3.05, 3.63) is 0 Å². The summed E-state index contributed by atoms with van der Waals surface area (Å²) in [6.07, 6.45) is 5.44. The summed E-state index contributed by atoms with van der Waals surface area (Å²) < 4.78 is 0. The number of rotatable bonds is 3. The molecule has 0 spiro atoms. The Hall–Kier alpha value is -0.0800. The maximum absolute atomic E-state index is 5.08. The molecule has 2 heteroatoms. The van der Waals surface area contributed by atoms with Crippen LogP contribution in [0.1, 0.15) is 32.6 Å². The standard InChI is InChI=1S/C8H15NO/c1-7(2-3-7)8(4-5-8)6-10-9/h2-6,9H2,1H3. The smallest absolute Gasteiger partial charge is 0.0740 e. The topological polar surface area (TPSA) is 35.2 Å². The predicted molar refractivity (Wildman–Crippen MR) is 39.1 cm³/mol. The van der Waals surface area contributed by atoms with Crippen LogP contribution >= 0.6 is 0 Å². The second-order valence-electron chi connectivity index (χ2n) is 4.15. The highest BCUT2D eigenvalue weighted by atomic mass is 16.6. The van der Waals surface area contributed by atoms with E-state index < -0.39 is 0 Å². The van der Waals surface area contributed by atoms with Gasteiger partial charge in [-0.05, 0) is 31.1 Å². The van der Waals surface area contributed by atoms with Crippen LogP contribution in [0.15, 0.2) is 0 Å². The molecule has 2 aliphatic rings. The molecule has 10 heavy (non-hydrogen) atoms. The molecule has 2 rings (SSSR count). The maximum atomic E-state index is 5.08. The first-order chi connectivity index (χ1) is 4.72. The largest absolute Gasteiger partial charge is 0.304 e. The monoisotopic (exact) mass is 141 g/mol. The van der Waals surface area contributed by atoms with Crippen LogP contribution in [0, 0.1) is 10.8 Å². The summed E-state index contributed by atoms with van der Waals surface area (Å²) in [5.74, 6) is 5.08. The SMILES string of the molecule is CC1(C2(CON)CC2)CC1. The third-order valence-electron chi connectivity index (χ3n) is 3.49. The van der Waals surface area contributed by atoms with Gasteiger partial charge >= 0.3 is 0 Å². The lowest BCUT2D eigenvalue weighted by atomic mass is 9.88. The molecular formula is C8H15NO. The highest BCUT2D eigenvalue weighted by Gasteiger charge is 2.62. The van der Waals surface area contributed by atoms with Crippen LogP contribution in [-0.4, -0.2) is 6.61 Å². The summed E-state index contributed by atoms with van der Waals surface area (Å²) in [4.78, 5) is 4.74. The fraction of sp³-hybridized carbons (Fsp3) is 1.00. The predicted octanol–water partition coefficient (Wildman–Crippen LogP) is 1.46. The van der Waals surface area contributed by atoms with Gasteiger partial charge in [-0.25, -0.2) is 5.90 Å². The van der Waals surface area contributed by atoms with Crippen molar-refractivity contribution < 1.29 is 4.84 Å². The zero-order valence-corrected chi connectivity index (χ0v) is 6.52. The molecule has 0 saturated heterocycles. The van der Waals surface area contributed by atoms with E-state index in [1.165, 1.54) is 25.7 Å². The summed E-state index contributed by atoms with van der Waals surface area (Å²) in [6, 6.07) is 0. The Kier molecular flexibility index (Phi) is 1.15. The Labute approximate surface area is 61.7 Å². The van der Waals surface area contributed by atoms with Gasteiger partial charge in [-0.2, -0.15) is 0 Å². The molecule has 0 radical (unpaired) electrons. The van der Waals surface area contributed by atoms with Crippen molar-refractivity contribution in [1.82, 2.24) is 0 Å². The zero-order chi connectivity index (χ0) is 7.24. The van der Waals surface area contributed by atoms with Crippen molar-refractivity contribution in [1.29, 1.82) is 0 Å². The zero-order valence-electron chi connectivity index (χ0n) is 6.52. The summed E-state index contributed by atoms with van der Waals surface area (Å²) >= 11 is 0. The lowest BCUT2D eigenvalue weighted by molar-refractivity contribution is 0.0617. The van der Waals surface area contributed by atoms with Crippen LogP contribution < -0.4 is 5.90 Å². The van der Waals surface area contributed by atoms with Gasteiger partial charge in [0.05, 0.1) is 6.61 Å². The minimum absolute atomic E-state index is 0.502. The molecule has 0 amide bonds. The fourth-order valence-electron chi connectivity index (χ4n) is 1.95. The summed E-state index contributed by atoms with van der Waals surface area (Å²) in [5, 5.41) is 0. The molecule has 0 aromatic carbocycles. The molecule has 0 bridgehead atoms. The molecule has 0 unspecified atom stereocenters. The Morgan fingerprint density at radius 3 is 2.20 bits per heavy atom. The minimum atomic E-state index is 0.502. The van der Waals surface area contributed by atoms with Gasteiger partial charge in [0.25, 0.3) is 0 Å². The van der Waals surface area contributed by atoms with Crippen molar-refractivity contribution in [3.8, 4) is 0 Å². The molecule has 0 atom stereocenters. The van der Waals surface area contributed by atoms with Gasteiger partial charge in [0, 0.05) is 5.41 Å². The Morgan fingerprint density at radius 1 is 1.30 bits per heavy atom. The average molecular weight is 141 g/mol. The normalized spacial score (nSPS) is 31.8. The van der Waals surface area contributed by atoms with E-state index in [1.807, 2.05) is 0 Å². The van der Waals surface area contributed by atoms with E-state index in [0.29, 0.717) is 10.8 Å². The summed E-state index contributed by atoms with van der Waals surface area (Å²) in [7, 11) is 0. The Morgan fingerprint density at radius 2 is 1.90 bits per heavy atom. The first kappa shape index (κ1) is 6.62. The molecule has 0 heterocycles. The van der Waals surface area contributed by atoms with Gasteiger partial charge in [0.2, 0.25) is 0 Å². The number of nitrogens with two attached hydrogens (primary N) is 1. The fourth-order valence-corrected chi connectivity index (χ4v) is 1.95. The summed E-state index contributed by atoms with van der Waals surface area (Å²) in [5.41, 5.74) is 1.11. The van der Waals surface area contributed by atoms with Crippen molar-refractivity contribution >= 4 is 0 Å². The third-order valence-corrected chi connectivity index (χ3v) is 3.49. The van der Waals surface area contributed by atoms with Crippen LogP contribution in [0.4, 0.5) is 0 Å². The van der Waals surface area contributed by atoms with E-state index in [9.17, 15) is 0 Å². The van der Waals surface area contributed by atoms with E-state index in [-0.39, 0.29) is 0 Å². The highest BCUT2D eigenvalue weighted by Crippen LogP contribution is 2.69. The molecule has 2 aliphatic carbocycles. The van der Waals surface area contributed by atoms with Gasteiger partial charge < -0.3 is 4.84 Å². The van der Waals surface area contributed by atoms with Crippen LogP contribution in [0.3, 0.4) is 0 Å². The van der Waals surface area contributed by atoms with Crippen LogP contribution in [-0.2, 0) is 4.84 Å². The lowest BCUT2D eigenvalue weighted by Crippen LogP contribution is -2.22. The third kappa shape index (κ3) is 0.722. The number of hydrogen-bond donors (Lipinski definition) is 1. The first-order valence-electron chi connectivity index (χ1n) is 4.04. The summed E-state index contributed by atoms with van der Waals surface area (Å²) in [6.45, 7) is 3.14. The van der Waals surface area contributed by atoms with Crippen molar-refractivity contribution in [2.24, 2.45) is 16.7 Å². The van der Waals surface area contributed by atoms with Crippen molar-refractivity contribution in [2.75, 3.05) is 6.61 Å².